The van der Waals surface area contributed by atoms with Crippen molar-refractivity contribution in [1.82, 2.24) is 0 Å². The normalized spacial score (nSPS) is 10.2. The number of hydrogen-bond acceptors (Lipinski definition) is 3. The topological polar surface area (TPSA) is 46.5 Å². The molecule has 5 heteroatoms. The molecule has 0 aliphatic carbocycles. The predicted octanol–water partition coefficient (Wildman–Crippen LogP) is 4.32. The molecule has 20 heavy (non-hydrogen) atoms. The van der Waals surface area contributed by atoms with Crippen LogP contribution in [-0.2, 0) is 0 Å². The molecule has 104 valence electrons. The summed E-state index contributed by atoms with van der Waals surface area (Å²) in [5.74, 6) is 0.166. The second-order valence-corrected chi connectivity index (χ2v) is 6.04. The van der Waals surface area contributed by atoms with Gasteiger partial charge in [0.15, 0.2) is 0 Å². The maximum atomic E-state index is 11.1. The van der Waals surface area contributed by atoms with E-state index in [-0.39, 0.29) is 5.56 Å². The van der Waals surface area contributed by atoms with E-state index in [0.717, 1.165) is 10.2 Å². The fraction of sp³-hybridized carbons (Fsp3) is 0.133. The van der Waals surface area contributed by atoms with Crippen molar-refractivity contribution in [3.8, 4) is 5.75 Å². The molecular formula is C15H13BrO3S. The molecule has 0 saturated carbocycles. The van der Waals surface area contributed by atoms with Crippen LogP contribution in [0, 0.1) is 0 Å². The molecule has 0 amide bonds. The average Bonchev–Trinajstić information content (AvgIpc) is 2.44. The summed E-state index contributed by atoms with van der Waals surface area (Å²) in [7, 11) is 0. The molecule has 0 radical (unpaired) electrons. The molecule has 0 aliphatic rings. The van der Waals surface area contributed by atoms with Crippen LogP contribution >= 0.6 is 27.7 Å². The van der Waals surface area contributed by atoms with Gasteiger partial charge in [-0.2, -0.15) is 0 Å². The third kappa shape index (κ3) is 4.28. The van der Waals surface area contributed by atoms with E-state index in [1.165, 1.54) is 11.0 Å². The molecule has 3 nitrogen and oxygen atoms in total. The molecule has 0 aromatic heterocycles. The van der Waals surface area contributed by atoms with E-state index < -0.39 is 5.97 Å². The van der Waals surface area contributed by atoms with Gasteiger partial charge in [-0.15, -0.1) is 11.8 Å². The van der Waals surface area contributed by atoms with Crippen LogP contribution in [0.2, 0.25) is 0 Å². The van der Waals surface area contributed by atoms with E-state index >= 15 is 0 Å². The van der Waals surface area contributed by atoms with Crippen LogP contribution in [0.5, 0.6) is 5.75 Å². The van der Waals surface area contributed by atoms with Crippen molar-refractivity contribution >= 4 is 33.7 Å². The van der Waals surface area contributed by atoms with E-state index in [2.05, 4.69) is 15.9 Å². The quantitative estimate of drug-likeness (QED) is 0.621. The van der Waals surface area contributed by atoms with Crippen molar-refractivity contribution in [2.24, 2.45) is 0 Å². The fourth-order valence-corrected chi connectivity index (χ4v) is 2.71. The Hall–Kier alpha value is -1.46. The van der Waals surface area contributed by atoms with Crippen LogP contribution in [0.15, 0.2) is 57.9 Å². The summed E-state index contributed by atoms with van der Waals surface area (Å²) < 4.78 is 6.37. The van der Waals surface area contributed by atoms with Crippen molar-refractivity contribution in [2.45, 2.75) is 4.90 Å². The van der Waals surface area contributed by atoms with Gasteiger partial charge in [0.2, 0.25) is 0 Å². The number of halogens is 1. The first-order valence-electron chi connectivity index (χ1n) is 6.00. The Kier molecular flexibility index (Phi) is 5.49. The molecule has 2 rings (SSSR count). The number of carboxylic acids is 1. The summed E-state index contributed by atoms with van der Waals surface area (Å²) in [5, 5.41) is 9.09. The van der Waals surface area contributed by atoms with Crippen molar-refractivity contribution in [3.63, 3.8) is 0 Å². The minimum Gasteiger partial charge on any atom is -0.492 e. The number of aromatic carboxylic acids is 1. The van der Waals surface area contributed by atoms with Crippen molar-refractivity contribution < 1.29 is 14.6 Å². The third-order valence-corrected chi connectivity index (χ3v) is 4.00. The van der Waals surface area contributed by atoms with Crippen molar-refractivity contribution in [2.75, 3.05) is 12.4 Å². The first-order valence-corrected chi connectivity index (χ1v) is 7.78. The van der Waals surface area contributed by atoms with Gasteiger partial charge in [0, 0.05) is 15.1 Å². The summed E-state index contributed by atoms with van der Waals surface area (Å²) in [6, 6.07) is 14.9. The first kappa shape index (κ1) is 14.9. The standard InChI is InChI=1S/C15H13BrO3S/c16-11-6-7-13(15(17)18)14(10-11)19-8-9-20-12-4-2-1-3-5-12/h1-7,10H,8-9H2,(H,17,18). The Balaban J connectivity index is 1.91. The zero-order valence-corrected chi connectivity index (χ0v) is 13.0. The first-order chi connectivity index (χ1) is 9.66. The molecule has 0 spiro atoms. The number of rotatable bonds is 6. The molecule has 0 unspecified atom stereocenters. The molecule has 0 heterocycles. The van der Waals surface area contributed by atoms with Crippen LogP contribution in [0.25, 0.3) is 0 Å². The zero-order chi connectivity index (χ0) is 14.4. The van der Waals surface area contributed by atoms with E-state index in [9.17, 15) is 4.79 Å². The molecule has 0 bridgehead atoms. The highest BCUT2D eigenvalue weighted by Gasteiger charge is 2.11. The summed E-state index contributed by atoms with van der Waals surface area (Å²) >= 11 is 4.99. The number of hydrogen-bond donors (Lipinski definition) is 1. The number of thioether (sulfide) groups is 1. The summed E-state index contributed by atoms with van der Waals surface area (Å²) in [6.07, 6.45) is 0. The van der Waals surface area contributed by atoms with E-state index in [4.69, 9.17) is 9.84 Å². The lowest BCUT2D eigenvalue weighted by Crippen LogP contribution is -2.06. The van der Waals surface area contributed by atoms with Crippen LogP contribution in [0.3, 0.4) is 0 Å². The molecule has 1 N–H and O–H groups in total. The number of carboxylic acid groups (broad SMARTS) is 1. The molecule has 0 saturated heterocycles. The zero-order valence-electron chi connectivity index (χ0n) is 10.6. The largest absolute Gasteiger partial charge is 0.492 e. The molecule has 0 aliphatic heterocycles. The summed E-state index contributed by atoms with van der Waals surface area (Å²) in [5.41, 5.74) is 0.179. The molecule has 2 aromatic carbocycles. The van der Waals surface area contributed by atoms with Gasteiger partial charge >= 0.3 is 5.97 Å². The highest BCUT2D eigenvalue weighted by molar-refractivity contribution is 9.10. The lowest BCUT2D eigenvalue weighted by Gasteiger charge is -2.09. The highest BCUT2D eigenvalue weighted by Crippen LogP contribution is 2.24. The Morgan fingerprint density at radius 1 is 1.20 bits per heavy atom. The molecule has 2 aromatic rings. The predicted molar refractivity (Wildman–Crippen MR) is 83.8 cm³/mol. The number of carbonyl (C=O) groups is 1. The second-order valence-electron chi connectivity index (χ2n) is 3.96. The van der Waals surface area contributed by atoms with Crippen LogP contribution in [0.4, 0.5) is 0 Å². The smallest absolute Gasteiger partial charge is 0.339 e. The lowest BCUT2D eigenvalue weighted by molar-refractivity contribution is 0.0692. The number of benzene rings is 2. The van der Waals surface area contributed by atoms with Crippen molar-refractivity contribution in [1.29, 1.82) is 0 Å². The van der Waals surface area contributed by atoms with Crippen LogP contribution < -0.4 is 4.74 Å². The third-order valence-electron chi connectivity index (χ3n) is 2.53. The van der Waals surface area contributed by atoms with Gasteiger partial charge in [-0.05, 0) is 30.3 Å². The van der Waals surface area contributed by atoms with Crippen LogP contribution in [0.1, 0.15) is 10.4 Å². The Labute approximate surface area is 130 Å². The molecule has 0 fully saturated rings. The minimum atomic E-state index is -0.983. The van der Waals surface area contributed by atoms with Gasteiger partial charge in [-0.25, -0.2) is 4.79 Å². The van der Waals surface area contributed by atoms with Gasteiger partial charge in [0.1, 0.15) is 11.3 Å². The summed E-state index contributed by atoms with van der Waals surface area (Å²) in [6.45, 7) is 0.455. The van der Waals surface area contributed by atoms with Gasteiger partial charge in [-0.1, -0.05) is 34.1 Å². The van der Waals surface area contributed by atoms with E-state index in [1.807, 2.05) is 30.3 Å². The average molecular weight is 353 g/mol. The number of ether oxygens (including phenoxy) is 1. The monoisotopic (exact) mass is 352 g/mol. The molecule has 0 atom stereocenters. The van der Waals surface area contributed by atoms with Crippen LogP contribution in [-0.4, -0.2) is 23.4 Å². The fourth-order valence-electron chi connectivity index (χ4n) is 1.62. The Bertz CT molecular complexity index is 587. The van der Waals surface area contributed by atoms with Gasteiger partial charge in [0.25, 0.3) is 0 Å². The maximum Gasteiger partial charge on any atom is 0.339 e. The lowest BCUT2D eigenvalue weighted by atomic mass is 10.2. The van der Waals surface area contributed by atoms with Crippen molar-refractivity contribution in [3.05, 3.63) is 58.6 Å². The van der Waals surface area contributed by atoms with E-state index in [0.29, 0.717) is 12.4 Å². The summed E-state index contributed by atoms with van der Waals surface area (Å²) in [4.78, 5) is 12.3. The highest BCUT2D eigenvalue weighted by atomic mass is 79.9. The Morgan fingerprint density at radius 3 is 2.65 bits per heavy atom. The SMILES string of the molecule is O=C(O)c1ccc(Br)cc1OCCSc1ccccc1. The van der Waals surface area contributed by atoms with Gasteiger partial charge in [0.05, 0.1) is 6.61 Å². The Morgan fingerprint density at radius 2 is 1.95 bits per heavy atom. The maximum absolute atomic E-state index is 11.1. The molecular weight excluding hydrogens is 340 g/mol. The minimum absolute atomic E-state index is 0.179. The van der Waals surface area contributed by atoms with E-state index in [1.54, 1.807) is 23.9 Å². The second kappa shape index (κ2) is 7.36. The van der Waals surface area contributed by atoms with Gasteiger partial charge < -0.3 is 9.84 Å². The van der Waals surface area contributed by atoms with Gasteiger partial charge in [-0.3, -0.25) is 0 Å².